The zero-order valence-corrected chi connectivity index (χ0v) is 15.6. The third kappa shape index (κ3) is 4.62. The molecule has 3 aromatic rings. The van der Waals surface area contributed by atoms with Gasteiger partial charge in [-0.25, -0.2) is 4.98 Å². The molecule has 0 aliphatic heterocycles. The molecule has 2 aromatic carbocycles. The average Bonchev–Trinajstić information content (AvgIpc) is 2.64. The SMILES string of the molecule is CN(Cc1ccccc1C(F)(F)F)Cc1nc2ccccc2c(=O)n1CC(N)=O. The van der Waals surface area contributed by atoms with E-state index >= 15 is 0 Å². The number of benzene rings is 2. The summed E-state index contributed by atoms with van der Waals surface area (Å²) in [7, 11) is 1.61. The van der Waals surface area contributed by atoms with Gasteiger partial charge in [0.25, 0.3) is 5.56 Å². The first-order valence-corrected chi connectivity index (χ1v) is 8.77. The van der Waals surface area contributed by atoms with Crippen LogP contribution in [0.1, 0.15) is 17.0 Å². The number of halogens is 3. The quantitative estimate of drug-likeness (QED) is 0.685. The van der Waals surface area contributed by atoms with E-state index in [1.54, 1.807) is 36.2 Å². The molecule has 0 radical (unpaired) electrons. The van der Waals surface area contributed by atoms with Crippen LogP contribution in [-0.4, -0.2) is 27.4 Å². The Morgan fingerprint density at radius 3 is 2.45 bits per heavy atom. The second-order valence-electron chi connectivity index (χ2n) is 6.73. The summed E-state index contributed by atoms with van der Waals surface area (Å²) in [6.45, 7) is -0.326. The van der Waals surface area contributed by atoms with Gasteiger partial charge in [0.15, 0.2) is 0 Å². The Labute approximate surface area is 164 Å². The van der Waals surface area contributed by atoms with E-state index in [0.717, 1.165) is 10.6 Å². The second-order valence-corrected chi connectivity index (χ2v) is 6.73. The summed E-state index contributed by atoms with van der Waals surface area (Å²) in [5.41, 5.74) is 4.67. The van der Waals surface area contributed by atoms with Crippen LogP contribution in [-0.2, 0) is 30.6 Å². The van der Waals surface area contributed by atoms with Crippen molar-refractivity contribution in [1.29, 1.82) is 0 Å². The van der Waals surface area contributed by atoms with Gasteiger partial charge >= 0.3 is 6.18 Å². The number of alkyl halides is 3. The lowest BCUT2D eigenvalue weighted by Crippen LogP contribution is -2.33. The van der Waals surface area contributed by atoms with Crippen molar-refractivity contribution < 1.29 is 18.0 Å². The third-order valence-electron chi connectivity index (χ3n) is 4.43. The van der Waals surface area contributed by atoms with E-state index in [-0.39, 0.29) is 31.0 Å². The summed E-state index contributed by atoms with van der Waals surface area (Å²) < 4.78 is 40.9. The Morgan fingerprint density at radius 2 is 1.76 bits per heavy atom. The Morgan fingerprint density at radius 1 is 1.10 bits per heavy atom. The molecule has 9 heteroatoms. The number of amides is 1. The summed E-state index contributed by atoms with van der Waals surface area (Å²) in [5.74, 6) is -0.463. The highest BCUT2D eigenvalue weighted by atomic mass is 19.4. The molecular weight excluding hydrogens is 385 g/mol. The Bertz CT molecular complexity index is 1110. The standard InChI is InChI=1S/C20H19F3N4O2/c1-26(10-13-6-2-4-8-15(13)20(21,22)23)12-18-25-16-9-5-3-7-14(16)19(29)27(18)11-17(24)28/h2-9H,10-12H2,1H3,(H2,24,28). The number of hydrogen-bond donors (Lipinski definition) is 1. The van der Waals surface area contributed by atoms with Crippen LogP contribution in [0.15, 0.2) is 53.3 Å². The highest BCUT2D eigenvalue weighted by molar-refractivity contribution is 5.78. The number of nitrogens with zero attached hydrogens (tertiary/aromatic N) is 3. The van der Waals surface area contributed by atoms with E-state index in [0.29, 0.717) is 10.9 Å². The number of fused-ring (bicyclic) bond motifs is 1. The van der Waals surface area contributed by atoms with Gasteiger partial charge in [-0.05, 0) is 30.8 Å². The zero-order chi connectivity index (χ0) is 21.2. The summed E-state index contributed by atoms with van der Waals surface area (Å²) in [6, 6.07) is 12.0. The Hall–Kier alpha value is -3.20. The van der Waals surface area contributed by atoms with Gasteiger partial charge in [-0.15, -0.1) is 0 Å². The molecule has 0 unspecified atom stereocenters. The number of aromatic nitrogens is 2. The largest absolute Gasteiger partial charge is 0.416 e. The first-order valence-electron chi connectivity index (χ1n) is 8.77. The van der Waals surface area contributed by atoms with Crippen LogP contribution < -0.4 is 11.3 Å². The first kappa shape index (κ1) is 20.5. The van der Waals surface area contributed by atoms with Gasteiger partial charge in [0.2, 0.25) is 5.91 Å². The minimum absolute atomic E-state index is 0.0189. The van der Waals surface area contributed by atoms with Crippen molar-refractivity contribution in [3.8, 4) is 0 Å². The summed E-state index contributed by atoms with van der Waals surface area (Å²) in [6.07, 6.45) is -4.47. The van der Waals surface area contributed by atoms with Crippen molar-refractivity contribution in [2.24, 2.45) is 5.73 Å². The van der Waals surface area contributed by atoms with Crippen LogP contribution in [0, 0.1) is 0 Å². The number of hydrogen-bond acceptors (Lipinski definition) is 4. The topological polar surface area (TPSA) is 81.2 Å². The molecule has 1 aromatic heterocycles. The van der Waals surface area contributed by atoms with E-state index in [4.69, 9.17) is 5.73 Å². The number of nitrogens with two attached hydrogens (primary N) is 1. The van der Waals surface area contributed by atoms with E-state index in [9.17, 15) is 22.8 Å². The van der Waals surface area contributed by atoms with Gasteiger partial charge < -0.3 is 5.73 Å². The van der Waals surface area contributed by atoms with Crippen LogP contribution in [0.4, 0.5) is 13.2 Å². The van der Waals surface area contributed by atoms with E-state index in [1.807, 2.05) is 0 Å². The fraction of sp³-hybridized carbons (Fsp3) is 0.250. The Kier molecular flexibility index (Phi) is 5.69. The Balaban J connectivity index is 1.96. The fourth-order valence-corrected chi connectivity index (χ4v) is 3.18. The van der Waals surface area contributed by atoms with Gasteiger partial charge in [0.1, 0.15) is 12.4 Å². The number of carbonyl (C=O) groups is 1. The number of primary amides is 1. The molecule has 0 spiro atoms. The molecule has 0 saturated heterocycles. The van der Waals surface area contributed by atoms with Gasteiger partial charge in [-0.2, -0.15) is 13.2 Å². The molecule has 2 N–H and O–H groups in total. The average molecular weight is 404 g/mol. The fourth-order valence-electron chi connectivity index (χ4n) is 3.18. The summed E-state index contributed by atoms with van der Waals surface area (Å²) in [5, 5.41) is 0.336. The number of carbonyl (C=O) groups excluding carboxylic acids is 1. The maximum atomic E-state index is 13.2. The lowest BCUT2D eigenvalue weighted by Gasteiger charge is -2.21. The molecule has 0 aliphatic carbocycles. The van der Waals surface area contributed by atoms with Crippen molar-refractivity contribution in [1.82, 2.24) is 14.5 Å². The van der Waals surface area contributed by atoms with Crippen molar-refractivity contribution in [2.75, 3.05) is 7.05 Å². The van der Waals surface area contributed by atoms with Crippen LogP contribution >= 0.6 is 0 Å². The lowest BCUT2D eigenvalue weighted by molar-refractivity contribution is -0.138. The maximum absolute atomic E-state index is 13.2. The summed E-state index contributed by atoms with van der Waals surface area (Å²) >= 11 is 0. The zero-order valence-electron chi connectivity index (χ0n) is 15.6. The van der Waals surface area contributed by atoms with Crippen LogP contribution in [0.2, 0.25) is 0 Å². The maximum Gasteiger partial charge on any atom is 0.416 e. The molecular formula is C20H19F3N4O2. The van der Waals surface area contributed by atoms with Crippen molar-refractivity contribution in [3.63, 3.8) is 0 Å². The van der Waals surface area contributed by atoms with E-state index in [2.05, 4.69) is 4.98 Å². The van der Waals surface area contributed by atoms with E-state index in [1.165, 1.54) is 18.2 Å². The second kappa shape index (κ2) is 8.04. The molecule has 0 fully saturated rings. The molecule has 0 bridgehead atoms. The molecule has 1 heterocycles. The normalized spacial score (nSPS) is 11.9. The molecule has 0 aliphatic rings. The minimum atomic E-state index is -4.47. The minimum Gasteiger partial charge on any atom is -0.368 e. The van der Waals surface area contributed by atoms with E-state index < -0.39 is 23.2 Å². The number of rotatable bonds is 6. The monoisotopic (exact) mass is 404 g/mol. The molecule has 3 rings (SSSR count). The van der Waals surface area contributed by atoms with Crippen LogP contribution in [0.3, 0.4) is 0 Å². The molecule has 29 heavy (non-hydrogen) atoms. The smallest absolute Gasteiger partial charge is 0.368 e. The molecule has 0 atom stereocenters. The van der Waals surface area contributed by atoms with Crippen LogP contribution in [0.25, 0.3) is 10.9 Å². The molecule has 152 valence electrons. The predicted molar refractivity (Wildman–Crippen MR) is 102 cm³/mol. The van der Waals surface area contributed by atoms with Gasteiger partial charge in [0.05, 0.1) is 23.0 Å². The van der Waals surface area contributed by atoms with Crippen molar-refractivity contribution >= 4 is 16.8 Å². The first-order chi connectivity index (χ1) is 13.7. The van der Waals surface area contributed by atoms with Gasteiger partial charge in [-0.3, -0.25) is 19.1 Å². The van der Waals surface area contributed by atoms with Crippen LogP contribution in [0.5, 0.6) is 0 Å². The molecule has 1 amide bonds. The van der Waals surface area contributed by atoms with Gasteiger partial charge in [0, 0.05) is 6.54 Å². The highest BCUT2D eigenvalue weighted by Crippen LogP contribution is 2.32. The van der Waals surface area contributed by atoms with Crippen molar-refractivity contribution in [3.05, 3.63) is 75.8 Å². The van der Waals surface area contributed by atoms with Gasteiger partial charge in [-0.1, -0.05) is 30.3 Å². The number of para-hydroxylation sites is 1. The highest BCUT2D eigenvalue weighted by Gasteiger charge is 2.33. The molecule has 0 saturated carbocycles. The predicted octanol–water partition coefficient (Wildman–Crippen LogP) is 2.53. The lowest BCUT2D eigenvalue weighted by atomic mass is 10.1. The third-order valence-corrected chi connectivity index (χ3v) is 4.43. The molecule has 6 nitrogen and oxygen atoms in total. The summed E-state index contributed by atoms with van der Waals surface area (Å²) in [4.78, 5) is 30.2. The van der Waals surface area contributed by atoms with Crippen molar-refractivity contribution in [2.45, 2.75) is 25.8 Å².